The number of unbranched alkanes of at least 4 members (excludes halogenated alkanes) is 1. The third-order valence-electron chi connectivity index (χ3n) is 5.84. The monoisotopic (exact) mass is 510 g/mol. The lowest BCUT2D eigenvalue weighted by Gasteiger charge is -2.21. The zero-order chi connectivity index (χ0) is 25.7. The van der Waals surface area contributed by atoms with Gasteiger partial charge in [0.15, 0.2) is 0 Å². The van der Waals surface area contributed by atoms with Crippen LogP contribution in [0.15, 0.2) is 34.0 Å². The van der Waals surface area contributed by atoms with Gasteiger partial charge in [0.25, 0.3) is 11.5 Å². The first-order valence-electron chi connectivity index (χ1n) is 11.5. The molecule has 184 valence electrons. The molecule has 7 nitrogen and oxygen atoms in total. The van der Waals surface area contributed by atoms with E-state index in [1.807, 2.05) is 45.0 Å². The number of nitriles is 1. The molecular formula is C26H30N4O3S2. The van der Waals surface area contributed by atoms with E-state index in [1.54, 1.807) is 29.6 Å². The molecule has 1 N–H and O–H groups in total. The van der Waals surface area contributed by atoms with E-state index < -0.39 is 0 Å². The molecule has 35 heavy (non-hydrogen) atoms. The van der Waals surface area contributed by atoms with Crippen molar-refractivity contribution in [2.75, 3.05) is 12.4 Å². The number of aromatic nitrogens is 1. The molecule has 1 aliphatic rings. The number of thiocarbonyl (C=S) groups is 1. The number of thioether (sulfide) groups is 1. The van der Waals surface area contributed by atoms with Crippen molar-refractivity contribution in [3.8, 4) is 11.8 Å². The highest BCUT2D eigenvalue weighted by molar-refractivity contribution is 8.26. The Balaban J connectivity index is 2.14. The fraction of sp³-hybridized carbons (Fsp3) is 0.385. The van der Waals surface area contributed by atoms with Crippen molar-refractivity contribution in [2.45, 2.75) is 59.7 Å². The number of ether oxygens (including phenoxy) is 1. The van der Waals surface area contributed by atoms with Crippen molar-refractivity contribution < 1.29 is 9.53 Å². The number of rotatable bonds is 9. The van der Waals surface area contributed by atoms with Gasteiger partial charge in [0, 0.05) is 24.7 Å². The molecule has 0 unspecified atom stereocenters. The normalized spacial score (nSPS) is 14.7. The Morgan fingerprint density at radius 1 is 1.26 bits per heavy atom. The van der Waals surface area contributed by atoms with Gasteiger partial charge in [0.1, 0.15) is 27.5 Å². The largest absolute Gasteiger partial charge is 0.497 e. The summed E-state index contributed by atoms with van der Waals surface area (Å²) in [6, 6.07) is 9.67. The first-order valence-corrected chi connectivity index (χ1v) is 12.8. The summed E-state index contributed by atoms with van der Waals surface area (Å²) in [5, 5.41) is 13.2. The van der Waals surface area contributed by atoms with E-state index in [1.165, 1.54) is 11.8 Å². The van der Waals surface area contributed by atoms with Crippen LogP contribution in [0.5, 0.6) is 5.75 Å². The summed E-state index contributed by atoms with van der Waals surface area (Å²) in [7, 11) is 1.62. The molecule has 1 saturated heterocycles. The molecule has 2 heterocycles. The Labute approximate surface area is 215 Å². The second-order valence-corrected chi connectivity index (χ2v) is 10.2. The fourth-order valence-electron chi connectivity index (χ4n) is 3.87. The van der Waals surface area contributed by atoms with Crippen molar-refractivity contribution in [3.05, 3.63) is 61.8 Å². The molecule has 0 spiro atoms. The smallest absolute Gasteiger partial charge is 0.270 e. The van der Waals surface area contributed by atoms with Crippen molar-refractivity contribution in [3.63, 3.8) is 0 Å². The quantitative estimate of drug-likeness (QED) is 0.373. The number of nitrogens with zero attached hydrogens (tertiary/aromatic N) is 3. The molecule has 1 aromatic carbocycles. The Bertz CT molecular complexity index is 1260. The Morgan fingerprint density at radius 3 is 2.49 bits per heavy atom. The molecule has 2 aromatic rings. The second kappa shape index (κ2) is 11.6. The average Bonchev–Trinajstić information content (AvgIpc) is 3.12. The van der Waals surface area contributed by atoms with Gasteiger partial charge in [-0.3, -0.25) is 19.1 Å². The number of anilines is 1. The maximum absolute atomic E-state index is 13.3. The van der Waals surface area contributed by atoms with Crippen LogP contribution in [0.3, 0.4) is 0 Å². The third-order valence-corrected chi connectivity index (χ3v) is 7.17. The first kappa shape index (κ1) is 26.5. The second-order valence-electron chi connectivity index (χ2n) is 8.53. The van der Waals surface area contributed by atoms with Crippen LogP contribution >= 0.6 is 24.0 Å². The molecule has 0 radical (unpaired) electrons. The summed E-state index contributed by atoms with van der Waals surface area (Å²) in [6.07, 6.45) is 3.43. The molecule has 1 aliphatic heterocycles. The predicted molar refractivity (Wildman–Crippen MR) is 146 cm³/mol. The number of hydrogen-bond acceptors (Lipinski definition) is 7. The predicted octanol–water partition coefficient (Wildman–Crippen LogP) is 5.06. The number of carbonyl (C=O) groups is 1. The van der Waals surface area contributed by atoms with Crippen LogP contribution in [-0.4, -0.2) is 32.8 Å². The van der Waals surface area contributed by atoms with E-state index in [9.17, 15) is 14.9 Å². The molecule has 0 atom stereocenters. The molecule has 9 heteroatoms. The summed E-state index contributed by atoms with van der Waals surface area (Å²) in [4.78, 5) is 28.4. The minimum absolute atomic E-state index is 0.0599. The highest BCUT2D eigenvalue weighted by Crippen LogP contribution is 2.36. The van der Waals surface area contributed by atoms with Crippen molar-refractivity contribution in [1.29, 1.82) is 5.26 Å². The number of carbonyl (C=O) groups excluding carboxylic acids is 1. The van der Waals surface area contributed by atoms with Crippen LogP contribution in [0.4, 0.5) is 5.82 Å². The lowest BCUT2D eigenvalue weighted by Crippen LogP contribution is -2.34. The van der Waals surface area contributed by atoms with Gasteiger partial charge in [0.05, 0.1) is 12.0 Å². The van der Waals surface area contributed by atoms with Crippen molar-refractivity contribution in [1.82, 2.24) is 9.47 Å². The average molecular weight is 511 g/mol. The van der Waals surface area contributed by atoms with Crippen LogP contribution in [-0.2, 0) is 17.9 Å². The zero-order valence-corrected chi connectivity index (χ0v) is 22.3. The first-order chi connectivity index (χ1) is 16.7. The van der Waals surface area contributed by atoms with E-state index in [0.717, 1.165) is 24.2 Å². The summed E-state index contributed by atoms with van der Waals surface area (Å²) in [5.41, 5.74) is 1.94. The number of amides is 1. The highest BCUT2D eigenvalue weighted by atomic mass is 32.2. The molecule has 0 saturated carbocycles. The highest BCUT2D eigenvalue weighted by Gasteiger charge is 2.34. The van der Waals surface area contributed by atoms with E-state index in [-0.39, 0.29) is 23.1 Å². The Morgan fingerprint density at radius 2 is 1.94 bits per heavy atom. The molecule has 0 aliphatic carbocycles. The maximum atomic E-state index is 13.3. The van der Waals surface area contributed by atoms with Gasteiger partial charge in [-0.05, 0) is 56.5 Å². The summed E-state index contributed by atoms with van der Waals surface area (Å²) in [5.74, 6) is 1.18. The van der Waals surface area contributed by atoms with Gasteiger partial charge in [-0.2, -0.15) is 5.26 Å². The molecule has 0 bridgehead atoms. The number of methoxy groups -OCH3 is 1. The van der Waals surface area contributed by atoms with Crippen LogP contribution in [0.25, 0.3) is 6.08 Å². The summed E-state index contributed by atoms with van der Waals surface area (Å²) >= 11 is 6.67. The topological polar surface area (TPSA) is 87.4 Å². The maximum Gasteiger partial charge on any atom is 0.270 e. The summed E-state index contributed by atoms with van der Waals surface area (Å²) < 4.78 is 7.36. The van der Waals surface area contributed by atoms with Crippen LogP contribution in [0, 0.1) is 18.3 Å². The van der Waals surface area contributed by atoms with Gasteiger partial charge in [0.2, 0.25) is 0 Å². The van der Waals surface area contributed by atoms with Crippen LogP contribution in [0.1, 0.15) is 55.9 Å². The van der Waals surface area contributed by atoms with E-state index in [2.05, 4.69) is 11.4 Å². The van der Waals surface area contributed by atoms with Gasteiger partial charge in [-0.1, -0.05) is 49.5 Å². The van der Waals surface area contributed by atoms with Crippen LogP contribution in [0.2, 0.25) is 0 Å². The fourth-order valence-corrected chi connectivity index (χ4v) is 5.37. The molecule has 1 fully saturated rings. The van der Waals surface area contributed by atoms with Crippen molar-refractivity contribution in [2.24, 2.45) is 0 Å². The molecule has 1 amide bonds. The van der Waals surface area contributed by atoms with Gasteiger partial charge in [-0.25, -0.2) is 0 Å². The SMILES string of the molecule is CCCCn1c(NCc2ccc(OC)cc2)c(/C=C2/SC(=S)N(C(C)C)C2=O)c(C)c(C#N)c1=O. The zero-order valence-electron chi connectivity index (χ0n) is 20.7. The number of nitrogens with one attached hydrogen (secondary N) is 1. The standard InChI is InChI=1S/C26H30N4O3S2/c1-6-7-12-29-23(28-15-18-8-10-19(33-5)11-9-18)20(17(4)21(14-27)24(29)31)13-22-25(32)30(16(2)3)26(34)35-22/h8-11,13,16,28H,6-7,12,15H2,1-5H3/b22-13+. The van der Waals surface area contributed by atoms with E-state index in [0.29, 0.717) is 39.3 Å². The number of benzene rings is 1. The minimum atomic E-state index is -0.331. The summed E-state index contributed by atoms with van der Waals surface area (Å²) in [6.45, 7) is 8.54. The Hall–Kier alpha value is -3.09. The van der Waals surface area contributed by atoms with E-state index in [4.69, 9.17) is 17.0 Å². The number of hydrogen-bond donors (Lipinski definition) is 1. The van der Waals surface area contributed by atoms with Gasteiger partial charge < -0.3 is 10.1 Å². The van der Waals surface area contributed by atoms with Gasteiger partial charge in [-0.15, -0.1) is 0 Å². The van der Waals surface area contributed by atoms with E-state index >= 15 is 0 Å². The Kier molecular flexibility index (Phi) is 8.76. The van der Waals surface area contributed by atoms with Crippen molar-refractivity contribution >= 4 is 46.1 Å². The molecule has 1 aromatic heterocycles. The van der Waals surface area contributed by atoms with Gasteiger partial charge >= 0.3 is 0 Å². The minimum Gasteiger partial charge on any atom is -0.497 e. The molecule has 3 rings (SSSR count). The van der Waals surface area contributed by atoms with Crippen LogP contribution < -0.4 is 15.6 Å². The lowest BCUT2D eigenvalue weighted by molar-refractivity contribution is -0.123. The third kappa shape index (κ3) is 5.60. The molecular weight excluding hydrogens is 480 g/mol. The number of pyridine rings is 1. The lowest BCUT2D eigenvalue weighted by atomic mass is 10.0.